The fourth-order valence-electron chi connectivity index (χ4n) is 5.92. The predicted molar refractivity (Wildman–Crippen MR) is 211 cm³/mol. The van der Waals surface area contributed by atoms with Crippen LogP contribution < -0.4 is 9.97 Å². The van der Waals surface area contributed by atoms with Crippen molar-refractivity contribution in [1.82, 2.24) is 39.9 Å². The number of carbonyl (C=O) groups is 2. The van der Waals surface area contributed by atoms with E-state index < -0.39 is 11.9 Å². The molecule has 0 atom stereocenters. The van der Waals surface area contributed by atoms with Crippen LogP contribution in [0.25, 0.3) is 89.7 Å². The molecule has 8 bridgehead atoms. The molecule has 2 aliphatic heterocycles. The van der Waals surface area contributed by atoms with Crippen molar-refractivity contribution in [1.29, 1.82) is 0 Å². The van der Waals surface area contributed by atoms with Gasteiger partial charge in [0.2, 0.25) is 0 Å². The maximum Gasteiger partial charge on any atom is 2.00 e. The number of methoxy groups -OCH3 is 2. The van der Waals surface area contributed by atoms with E-state index in [0.717, 1.165) is 56.0 Å². The van der Waals surface area contributed by atoms with Crippen LogP contribution in [0.15, 0.2) is 121 Å². The summed E-state index contributed by atoms with van der Waals surface area (Å²) in [6.07, 6.45) is 2.00. The average Bonchev–Trinajstić information content (AvgIpc) is 3.94. The van der Waals surface area contributed by atoms with Crippen LogP contribution in [0.3, 0.4) is 0 Å². The van der Waals surface area contributed by atoms with Crippen molar-refractivity contribution >= 4 is 56.1 Å². The summed E-state index contributed by atoms with van der Waals surface area (Å²) in [6.45, 7) is 2.80. The summed E-state index contributed by atoms with van der Waals surface area (Å²) >= 11 is 0. The summed E-state index contributed by atoms with van der Waals surface area (Å²) in [5.74, 6) is 1.04. The zero-order valence-electron chi connectivity index (χ0n) is 31.0. The summed E-state index contributed by atoms with van der Waals surface area (Å²) in [4.78, 5) is 59.6. The Labute approximate surface area is 344 Å². The normalized spacial score (nSPS) is 11.5. The summed E-state index contributed by atoms with van der Waals surface area (Å²) in [5, 5.41) is 20.4. The molecule has 3 aromatic heterocycles. The zero-order chi connectivity index (χ0) is 39.3. The largest absolute Gasteiger partial charge is 2.00 e. The van der Waals surface area contributed by atoms with E-state index >= 15 is 0 Å². The first-order chi connectivity index (χ1) is 27.1. The number of carbonyl (C=O) groups excluding carboxylic acids is 2. The van der Waals surface area contributed by atoms with Crippen LogP contribution in [0, 0.1) is 0 Å². The molecule has 0 unspecified atom stereocenters. The number of aromatic nitrogens is 8. The van der Waals surface area contributed by atoms with Crippen LogP contribution >= 0.6 is 0 Å². The second kappa shape index (κ2) is 17.3. The molecule has 4 aromatic carbocycles. The molecule has 0 saturated carbocycles. The second-order valence-electron chi connectivity index (χ2n) is 12.3. The van der Waals surface area contributed by atoms with Crippen molar-refractivity contribution in [2.75, 3.05) is 14.2 Å². The molecule has 14 nitrogen and oxygen atoms in total. The van der Waals surface area contributed by atoms with Crippen LogP contribution in [-0.2, 0) is 45.3 Å². The minimum atomic E-state index is -0.537. The summed E-state index contributed by atoms with van der Waals surface area (Å²) < 4.78 is 8.37. The van der Waals surface area contributed by atoms with Gasteiger partial charge in [-0.25, -0.2) is 19.6 Å². The van der Waals surface area contributed by atoms with Gasteiger partial charge in [-0.15, -0.1) is 0 Å². The molecule has 0 aliphatic carbocycles. The minimum absolute atomic E-state index is 0. The van der Waals surface area contributed by atoms with Crippen LogP contribution in [-0.4, -0.2) is 66.3 Å². The van der Waals surface area contributed by atoms with Crippen LogP contribution in [0.4, 0.5) is 0 Å². The topological polar surface area (TPSA) is 199 Å². The fraction of sp³-hybridized carbons (Fsp3) is 0.0952. The number of hydrogen-bond donors (Lipinski definition) is 2. The smallest absolute Gasteiger partial charge is 0.512 e. The van der Waals surface area contributed by atoms with Gasteiger partial charge in [-0.05, 0) is 35.4 Å². The Morgan fingerprint density at radius 3 is 0.930 bits per heavy atom. The Kier molecular flexibility index (Phi) is 12.1. The second-order valence-corrected chi connectivity index (χ2v) is 12.3. The van der Waals surface area contributed by atoms with E-state index in [1.807, 2.05) is 97.1 Å². The van der Waals surface area contributed by atoms with Gasteiger partial charge in [0.15, 0.2) is 0 Å². The van der Waals surface area contributed by atoms with Gasteiger partial charge in [0.05, 0.1) is 61.2 Å². The third-order valence-corrected chi connectivity index (χ3v) is 8.39. The molecule has 0 saturated heterocycles. The molecule has 15 heteroatoms. The van der Waals surface area contributed by atoms with E-state index in [9.17, 15) is 9.59 Å². The Morgan fingerprint density at radius 2 is 0.719 bits per heavy atom. The van der Waals surface area contributed by atoms with E-state index in [1.165, 1.54) is 28.1 Å². The molecule has 2 aliphatic rings. The van der Waals surface area contributed by atoms with E-state index in [1.54, 1.807) is 0 Å². The SMILES string of the molecule is COC(=O)C=C(C)O.COC(=O)C=C(C)O.[Zr+2].c1ccc2c(c1)-c1nc-2nc2[n-]c(nc3nc(nc4[n-]c(n1)c1ccccc41)-c1ccccc1-3)c1ccccc21. The fourth-order valence-corrected chi connectivity index (χ4v) is 5.92. The van der Waals surface area contributed by atoms with E-state index in [-0.39, 0.29) is 37.7 Å². The van der Waals surface area contributed by atoms with Crippen molar-refractivity contribution in [2.24, 2.45) is 0 Å². The molecule has 0 fully saturated rings. The summed E-state index contributed by atoms with van der Waals surface area (Å²) in [7, 11) is 2.50. The van der Waals surface area contributed by atoms with E-state index in [0.29, 0.717) is 45.9 Å². The molecule has 0 radical (unpaired) electrons. The summed E-state index contributed by atoms with van der Waals surface area (Å²) in [6, 6.07) is 31.8. The van der Waals surface area contributed by atoms with Gasteiger partial charge in [0.25, 0.3) is 0 Å². The van der Waals surface area contributed by atoms with Gasteiger partial charge in [0.1, 0.15) is 0 Å². The van der Waals surface area contributed by atoms with Gasteiger partial charge in [-0.2, -0.15) is 0 Å². The average molecular weight is 836 g/mol. The van der Waals surface area contributed by atoms with E-state index in [2.05, 4.69) is 9.47 Å². The molecule has 9 rings (SSSR count). The number of esters is 2. The maximum absolute atomic E-state index is 10.2. The van der Waals surface area contributed by atoms with Gasteiger partial charge in [-0.3, -0.25) is 0 Å². The number of aliphatic hydroxyl groups excluding tert-OH is 2. The number of benzene rings is 4. The first kappa shape index (κ1) is 39.8. The summed E-state index contributed by atoms with van der Waals surface area (Å²) in [5.41, 5.74) is 5.78. The van der Waals surface area contributed by atoms with Gasteiger partial charge in [-0.1, -0.05) is 97.1 Å². The molecule has 280 valence electrons. The third kappa shape index (κ3) is 8.53. The van der Waals surface area contributed by atoms with Crippen molar-refractivity contribution in [2.45, 2.75) is 13.8 Å². The molecule has 0 spiro atoms. The minimum Gasteiger partial charge on any atom is -0.512 e. The van der Waals surface area contributed by atoms with Gasteiger partial charge in [0, 0.05) is 44.8 Å². The van der Waals surface area contributed by atoms with Crippen LogP contribution in [0.2, 0.25) is 0 Å². The predicted octanol–water partition coefficient (Wildman–Crippen LogP) is 7.37. The third-order valence-electron chi connectivity index (χ3n) is 8.39. The van der Waals surface area contributed by atoms with Crippen molar-refractivity contribution in [3.05, 3.63) is 121 Å². The van der Waals surface area contributed by atoms with Crippen molar-refractivity contribution < 1.29 is 55.5 Å². The number of allylic oxidation sites excluding steroid dienone is 2. The molecule has 7 aromatic rings. The maximum atomic E-state index is 10.2. The molecule has 57 heavy (non-hydrogen) atoms. The first-order valence-corrected chi connectivity index (χ1v) is 17.1. The number of ether oxygens (including phenoxy) is 2. The van der Waals surface area contributed by atoms with E-state index in [4.69, 9.17) is 50.1 Å². The van der Waals surface area contributed by atoms with Crippen molar-refractivity contribution in [3.63, 3.8) is 0 Å². The Morgan fingerprint density at radius 1 is 0.474 bits per heavy atom. The van der Waals surface area contributed by atoms with Gasteiger partial charge < -0.3 is 49.6 Å². The van der Waals surface area contributed by atoms with Gasteiger partial charge >= 0.3 is 38.1 Å². The molecule has 2 N–H and O–H groups in total. The molecule has 5 heterocycles. The standard InChI is InChI=1S/C32H16N8.2C5H8O3.Zr/c1-2-10-18-17(9-1)25-33-26(18)38-28-21-13-5-6-14-22(21)30(35-28)40-32-24-16-8-7-15-23(24)31(36-32)39-29-20-12-4-3-11-19(20)27(34-29)37-25;2*1-4(6)3-5(7)8-2;/h1-16H;2*3,6H,1-2H3;/q-2;;;+2. The number of fused-ring (bicyclic) bond motifs is 20. The number of rotatable bonds is 2. The Hall–Kier alpha value is -6.86. The molecule has 0 amide bonds. The molecular formula is C42H32N8O6Zr. The quantitative estimate of drug-likeness (QED) is 0.0994. The number of nitrogens with zero attached hydrogens (tertiary/aromatic N) is 8. The Balaban J connectivity index is 0.000000275. The van der Waals surface area contributed by atoms with Crippen molar-refractivity contribution in [3.8, 4) is 45.6 Å². The zero-order valence-corrected chi connectivity index (χ0v) is 33.5. The van der Waals surface area contributed by atoms with Crippen LogP contribution in [0.1, 0.15) is 13.8 Å². The number of hydrogen-bond acceptors (Lipinski definition) is 12. The monoisotopic (exact) mass is 834 g/mol. The number of aliphatic hydroxyl groups is 2. The Bertz CT molecular complexity index is 2540. The van der Waals surface area contributed by atoms with Crippen LogP contribution in [0.5, 0.6) is 0 Å². The molecular weight excluding hydrogens is 804 g/mol. The first-order valence-electron chi connectivity index (χ1n) is 17.1.